The molecule has 0 saturated carbocycles. The van der Waals surface area contributed by atoms with Gasteiger partial charge in [-0.15, -0.1) is 0 Å². The number of fused-ring (bicyclic) bond motifs is 1. The predicted octanol–water partition coefficient (Wildman–Crippen LogP) is 0.902. The molecule has 0 atom stereocenters. The molecule has 0 bridgehead atoms. The first kappa shape index (κ1) is 23.7. The fourth-order valence-corrected chi connectivity index (χ4v) is 1.93. The number of hydrogen-bond acceptors (Lipinski definition) is 9. The number of aldehydes is 1. The monoisotopic (exact) mass is 416 g/mol. The topological polar surface area (TPSA) is 201 Å². The van der Waals surface area contributed by atoms with Gasteiger partial charge in [-0.05, 0) is 24.3 Å². The highest BCUT2D eigenvalue weighted by molar-refractivity contribution is 5.75. The van der Waals surface area contributed by atoms with Crippen molar-refractivity contribution in [2.45, 2.75) is 19.9 Å². The summed E-state index contributed by atoms with van der Waals surface area (Å²) < 4.78 is 0. The van der Waals surface area contributed by atoms with Gasteiger partial charge in [-0.1, -0.05) is 6.92 Å². The molecule has 158 valence electrons. The van der Waals surface area contributed by atoms with E-state index in [1.54, 1.807) is 31.2 Å². The highest BCUT2D eigenvalue weighted by Crippen LogP contribution is 2.10. The van der Waals surface area contributed by atoms with Crippen LogP contribution in [0.2, 0.25) is 0 Å². The van der Waals surface area contributed by atoms with Gasteiger partial charge in [0.15, 0.2) is 11.2 Å². The van der Waals surface area contributed by atoms with Crippen molar-refractivity contribution in [3.8, 4) is 0 Å². The number of nitrogen functional groups attached to an aromatic ring is 1. The quantitative estimate of drug-likeness (QED) is 0.370. The Morgan fingerprint density at radius 1 is 1.23 bits per heavy atom. The third kappa shape index (κ3) is 7.72. The zero-order valence-electron chi connectivity index (χ0n) is 15.9. The van der Waals surface area contributed by atoms with Crippen LogP contribution in [-0.4, -0.2) is 48.9 Å². The Kier molecular flexibility index (Phi) is 9.61. The summed E-state index contributed by atoms with van der Waals surface area (Å²) in [4.78, 5) is 54.7. The third-order valence-corrected chi connectivity index (χ3v) is 3.31. The number of aromatic amines is 1. The Hall–Kier alpha value is -4.35. The predicted molar refractivity (Wildman–Crippen MR) is 108 cm³/mol. The van der Waals surface area contributed by atoms with E-state index in [-0.39, 0.29) is 30.0 Å². The van der Waals surface area contributed by atoms with E-state index in [2.05, 4.69) is 25.3 Å². The lowest BCUT2D eigenvalue weighted by molar-refractivity contribution is -0.136. The Bertz CT molecular complexity index is 1050. The molecular weight excluding hydrogens is 396 g/mol. The second-order valence-electron chi connectivity index (χ2n) is 5.43. The van der Waals surface area contributed by atoms with Gasteiger partial charge >= 0.3 is 5.97 Å². The van der Waals surface area contributed by atoms with Gasteiger partial charge < -0.3 is 21.3 Å². The number of aromatic nitrogens is 4. The molecule has 0 aliphatic heterocycles. The van der Waals surface area contributed by atoms with Crippen LogP contribution >= 0.6 is 0 Å². The molecule has 6 N–H and O–H groups in total. The summed E-state index contributed by atoms with van der Waals surface area (Å²) in [6.45, 7) is 1.73. The van der Waals surface area contributed by atoms with Gasteiger partial charge in [-0.2, -0.15) is 4.98 Å². The number of anilines is 2. The molecule has 30 heavy (non-hydrogen) atoms. The fraction of sp³-hybridized carbons (Fsp3) is 0.167. The minimum absolute atomic E-state index is 0.00735. The van der Waals surface area contributed by atoms with Gasteiger partial charge in [0.05, 0.1) is 18.4 Å². The summed E-state index contributed by atoms with van der Waals surface area (Å²) in [5.74, 6) is -0.738. The molecule has 0 fully saturated rings. The van der Waals surface area contributed by atoms with Crippen molar-refractivity contribution in [2.24, 2.45) is 0 Å². The number of carboxylic acids is 1. The van der Waals surface area contributed by atoms with E-state index >= 15 is 0 Å². The number of benzene rings is 1. The number of hydrogen-bond donors (Lipinski definition) is 5. The van der Waals surface area contributed by atoms with Gasteiger partial charge in [-0.3, -0.25) is 24.2 Å². The lowest BCUT2D eigenvalue weighted by atomic mass is 10.2. The minimum Gasteiger partial charge on any atom is -0.483 e. The lowest BCUT2D eigenvalue weighted by Crippen LogP contribution is -2.15. The fourth-order valence-electron chi connectivity index (χ4n) is 1.93. The van der Waals surface area contributed by atoms with E-state index in [1.165, 1.54) is 6.20 Å². The first-order chi connectivity index (χ1) is 14.3. The Labute approximate surface area is 169 Å². The zero-order valence-corrected chi connectivity index (χ0v) is 15.9. The second-order valence-corrected chi connectivity index (χ2v) is 5.43. The van der Waals surface area contributed by atoms with E-state index in [4.69, 9.17) is 20.7 Å². The number of carbonyl (C=O) groups excluding carboxylic acids is 1. The normalized spacial score (nSPS) is 9.37. The first-order valence-electron chi connectivity index (χ1n) is 8.44. The van der Waals surface area contributed by atoms with Crippen molar-refractivity contribution in [3.05, 3.63) is 52.1 Å². The lowest BCUT2D eigenvalue weighted by Gasteiger charge is -2.06. The highest BCUT2D eigenvalue weighted by atomic mass is 16.4. The van der Waals surface area contributed by atoms with Crippen molar-refractivity contribution in [3.63, 3.8) is 0 Å². The molecular formula is C18H20N6O6. The maximum atomic E-state index is 11.8. The smallest absolute Gasteiger partial charge is 0.303 e. The molecule has 0 aliphatic carbocycles. The average Bonchev–Trinajstić information content (AvgIpc) is 2.73. The van der Waals surface area contributed by atoms with Crippen LogP contribution in [0.15, 0.2) is 35.3 Å². The van der Waals surface area contributed by atoms with Crippen LogP contribution in [0.5, 0.6) is 0 Å². The molecule has 1 aromatic carbocycles. The van der Waals surface area contributed by atoms with Gasteiger partial charge in [0.2, 0.25) is 5.95 Å². The molecule has 3 rings (SSSR count). The molecule has 0 spiro atoms. The number of carbonyl (C=O) groups is 3. The maximum Gasteiger partial charge on any atom is 0.303 e. The van der Waals surface area contributed by atoms with E-state index < -0.39 is 11.5 Å². The SMILES string of the molecule is CCC(=O)O.Nc1nc2ncc(CNc3ccc(C=O)cc3)nc2c(=O)[nH]1.O=CO. The summed E-state index contributed by atoms with van der Waals surface area (Å²) in [7, 11) is 0. The summed E-state index contributed by atoms with van der Waals surface area (Å²) >= 11 is 0. The number of nitrogens with zero attached hydrogens (tertiary/aromatic N) is 3. The van der Waals surface area contributed by atoms with Crippen LogP contribution in [0, 0.1) is 0 Å². The molecule has 0 unspecified atom stereocenters. The number of aliphatic carboxylic acids is 1. The Morgan fingerprint density at radius 3 is 2.37 bits per heavy atom. The summed E-state index contributed by atoms with van der Waals surface area (Å²) in [5.41, 5.74) is 7.40. The molecule has 12 nitrogen and oxygen atoms in total. The van der Waals surface area contributed by atoms with Crippen LogP contribution in [0.1, 0.15) is 29.4 Å². The average molecular weight is 416 g/mol. The first-order valence-corrected chi connectivity index (χ1v) is 8.44. The number of nitrogens with one attached hydrogen (secondary N) is 2. The van der Waals surface area contributed by atoms with Gasteiger partial charge in [0.1, 0.15) is 6.29 Å². The second kappa shape index (κ2) is 12.2. The molecule has 3 aromatic rings. The zero-order chi connectivity index (χ0) is 22.5. The molecule has 2 aromatic heterocycles. The van der Waals surface area contributed by atoms with Gasteiger partial charge in [0, 0.05) is 17.7 Å². The molecule has 0 aliphatic rings. The van der Waals surface area contributed by atoms with E-state index in [0.29, 0.717) is 17.8 Å². The van der Waals surface area contributed by atoms with Crippen molar-refractivity contribution >= 4 is 41.5 Å². The largest absolute Gasteiger partial charge is 0.483 e. The molecule has 12 heteroatoms. The Morgan fingerprint density at radius 2 is 1.83 bits per heavy atom. The highest BCUT2D eigenvalue weighted by Gasteiger charge is 2.06. The standard InChI is InChI=1S/C14H12N6O2.C3H6O2.CH2O2/c15-14-19-12-11(13(22)20-14)18-10(6-17-12)5-16-9-3-1-8(7-21)2-4-9;1-2-3(4)5;2-1-3/h1-4,6-7,16H,5H2,(H3,15,17,19,20,22);2H2,1H3,(H,4,5);1H,(H,2,3). The van der Waals surface area contributed by atoms with Crippen LogP contribution < -0.4 is 16.6 Å². The Balaban J connectivity index is 0.000000485. The maximum absolute atomic E-state index is 11.8. The van der Waals surface area contributed by atoms with E-state index in [1.807, 2.05) is 0 Å². The third-order valence-electron chi connectivity index (χ3n) is 3.31. The summed E-state index contributed by atoms with van der Waals surface area (Å²) in [6, 6.07) is 6.98. The van der Waals surface area contributed by atoms with Crippen LogP contribution in [0.4, 0.5) is 11.6 Å². The molecule has 0 amide bonds. The molecule has 0 radical (unpaired) electrons. The number of H-pyrrole nitrogens is 1. The van der Waals surface area contributed by atoms with Crippen molar-refractivity contribution < 1.29 is 24.6 Å². The van der Waals surface area contributed by atoms with Crippen molar-refractivity contribution in [1.82, 2.24) is 19.9 Å². The van der Waals surface area contributed by atoms with Crippen molar-refractivity contribution in [2.75, 3.05) is 11.1 Å². The molecule has 0 saturated heterocycles. The van der Waals surface area contributed by atoms with Gasteiger partial charge in [-0.25, -0.2) is 9.97 Å². The van der Waals surface area contributed by atoms with Crippen LogP contribution in [-0.2, 0) is 16.1 Å². The number of carboxylic acid groups (broad SMARTS) is 2. The number of nitrogens with two attached hydrogens (primary N) is 1. The molecule has 2 heterocycles. The summed E-state index contributed by atoms with van der Waals surface area (Å²) in [5, 5.41) is 17.7. The number of rotatable bonds is 5. The van der Waals surface area contributed by atoms with Gasteiger partial charge in [0.25, 0.3) is 12.0 Å². The van der Waals surface area contributed by atoms with Crippen LogP contribution in [0.3, 0.4) is 0 Å². The minimum atomic E-state index is -0.745. The van der Waals surface area contributed by atoms with Crippen molar-refractivity contribution in [1.29, 1.82) is 0 Å². The van der Waals surface area contributed by atoms with E-state index in [9.17, 15) is 14.4 Å². The van der Waals surface area contributed by atoms with Crippen LogP contribution in [0.25, 0.3) is 11.2 Å². The summed E-state index contributed by atoms with van der Waals surface area (Å²) in [6.07, 6.45) is 2.53. The van der Waals surface area contributed by atoms with E-state index in [0.717, 1.165) is 12.0 Å².